The molecule has 0 spiro atoms. The van der Waals surface area contributed by atoms with Crippen molar-refractivity contribution in [3.05, 3.63) is 77.3 Å². The third-order valence-corrected chi connectivity index (χ3v) is 11.8. The average Bonchev–Trinajstić information content (AvgIpc) is 3.21. The van der Waals surface area contributed by atoms with Crippen LogP contribution in [0, 0.1) is 0 Å². The van der Waals surface area contributed by atoms with Crippen LogP contribution >= 0.6 is 35.2 Å². The number of hydrogen-bond donors (Lipinski definition) is 8. The van der Waals surface area contributed by atoms with Crippen LogP contribution in [-0.4, -0.2) is 102 Å². The van der Waals surface area contributed by atoms with E-state index in [9.17, 15) is 34.9 Å². The van der Waals surface area contributed by atoms with Crippen molar-refractivity contribution in [2.75, 3.05) is 40.6 Å². The van der Waals surface area contributed by atoms with Crippen molar-refractivity contribution in [3.63, 3.8) is 0 Å². The number of aromatic hydroxyl groups is 1. The number of phenols is 1. The lowest BCUT2D eigenvalue weighted by Gasteiger charge is -2.12. The quantitative estimate of drug-likeness (QED) is 0.0117. The Balaban J connectivity index is 1.13. The Morgan fingerprint density at radius 1 is 0.766 bits per heavy atom. The van der Waals surface area contributed by atoms with E-state index in [1.165, 1.54) is 63.2 Å². The maximum atomic E-state index is 12.5. The van der Waals surface area contributed by atoms with Gasteiger partial charge in [0.05, 0.1) is 41.3 Å². The highest BCUT2D eigenvalue weighted by molar-refractivity contribution is 7.94. The van der Waals surface area contributed by atoms with Crippen LogP contribution in [0.15, 0.2) is 91.6 Å². The van der Waals surface area contributed by atoms with Gasteiger partial charge in [-0.25, -0.2) is 17.9 Å². The number of anilines is 6. The summed E-state index contributed by atoms with van der Waals surface area (Å²) in [7, 11) is -11.0. The number of ether oxygens (including phenoxy) is 1. The van der Waals surface area contributed by atoms with Crippen molar-refractivity contribution in [2.45, 2.75) is 14.7 Å². The molecule has 0 bridgehead atoms. The summed E-state index contributed by atoms with van der Waals surface area (Å²) in [5, 5.41) is 43.1. The molecule has 1 radical (unpaired) electrons. The van der Waals surface area contributed by atoms with Crippen LogP contribution in [0.2, 0.25) is 10.6 Å². The predicted molar refractivity (Wildman–Crippen MR) is 228 cm³/mol. The van der Waals surface area contributed by atoms with E-state index in [-0.39, 0.29) is 66.7 Å². The van der Waals surface area contributed by atoms with E-state index in [0.29, 0.717) is 28.8 Å². The molecule has 0 unspecified atom stereocenters. The Morgan fingerprint density at radius 2 is 1.38 bits per heavy atom. The first-order valence-electron chi connectivity index (χ1n) is 17.0. The highest BCUT2D eigenvalue weighted by atomic mass is 35.5. The number of hydrogen-bond acceptors (Lipinski definition) is 25. The molecule has 0 amide bonds. The summed E-state index contributed by atoms with van der Waals surface area (Å²) < 4.78 is 102. The van der Waals surface area contributed by atoms with Crippen LogP contribution in [0.5, 0.6) is 11.5 Å². The van der Waals surface area contributed by atoms with Crippen molar-refractivity contribution in [1.29, 1.82) is 0 Å². The van der Waals surface area contributed by atoms with Gasteiger partial charge in [0, 0.05) is 22.8 Å². The van der Waals surface area contributed by atoms with Gasteiger partial charge in [-0.1, -0.05) is 5.04 Å². The van der Waals surface area contributed by atoms with Gasteiger partial charge in [-0.3, -0.25) is 9.11 Å². The summed E-state index contributed by atoms with van der Waals surface area (Å²) in [5.41, 5.74) is 0.205. The van der Waals surface area contributed by atoms with E-state index in [1.54, 1.807) is 12.1 Å². The fraction of sp³-hybridized carbons (Fsp3) is 0.0968. The first-order valence-corrected chi connectivity index (χ1v) is 22.9. The van der Waals surface area contributed by atoms with Crippen LogP contribution in [0.3, 0.4) is 0 Å². The molecule has 0 aliphatic carbocycles. The number of nitrogens with one attached hydrogen (secondary N) is 4. The monoisotopic (exact) mass is 999 g/mol. The Kier molecular flexibility index (Phi) is 15.1. The van der Waals surface area contributed by atoms with E-state index in [0.717, 1.165) is 6.07 Å². The molecule has 64 heavy (non-hydrogen) atoms. The number of benzene rings is 4. The number of sulfone groups is 1. The number of azo groups is 1. The smallest absolute Gasteiger partial charge is 0.397 e. The number of aromatic nitrogens is 6. The van der Waals surface area contributed by atoms with Crippen molar-refractivity contribution in [1.82, 2.24) is 29.9 Å². The van der Waals surface area contributed by atoms with E-state index in [1.807, 2.05) is 0 Å². The zero-order chi connectivity index (χ0) is 46.2. The van der Waals surface area contributed by atoms with E-state index in [4.69, 9.17) is 37.7 Å². The summed E-state index contributed by atoms with van der Waals surface area (Å²) in [5.74, 6) is -1.24. The van der Waals surface area contributed by atoms with Crippen LogP contribution in [0.4, 0.5) is 46.5 Å². The lowest BCUT2D eigenvalue weighted by Crippen LogP contribution is -2.21. The standard InChI is InChI=1S/C31H26BCl2N12O14S4/c1-57-18-5-9-21(23(14-18)63(51,52)53)45-46-24-22(61-60-59-48)13-15-12-17(4-8-20(15)25(24)47)36-29-38-27(34)40-31(42-29)44-32-43-30-39-26(33)37-28(41-30)35-16-2-6-19(7-3-16)62(49,50)11-10-58-64(54,55)56/h2-9,12-14,47-48H,10-11H2,1H3,(H,51,52,53)(H,54,55,56)(H2,35,37,39,41,43)(H2,36,38,40,42,44). The molecule has 33 heteroatoms. The maximum Gasteiger partial charge on any atom is 0.397 e. The Hall–Kier alpha value is -5.84. The van der Waals surface area contributed by atoms with Crippen LogP contribution < -0.4 is 25.8 Å². The van der Waals surface area contributed by atoms with Crippen molar-refractivity contribution >= 4 is 130 Å². The number of fused-ring (bicyclic) bond motifs is 1. The minimum Gasteiger partial charge on any atom is -0.505 e. The van der Waals surface area contributed by atoms with Gasteiger partial charge in [0.1, 0.15) is 22.0 Å². The second-order valence-electron chi connectivity index (χ2n) is 12.0. The molecule has 335 valence electrons. The maximum absolute atomic E-state index is 12.5. The number of methoxy groups -OCH3 is 1. The minimum atomic E-state index is -4.80. The van der Waals surface area contributed by atoms with Gasteiger partial charge in [-0.15, -0.1) is 14.6 Å². The number of nitrogens with zero attached hydrogens (tertiary/aromatic N) is 8. The molecule has 2 heterocycles. The summed E-state index contributed by atoms with van der Waals surface area (Å²) in [6.45, 7) is -0.785. The summed E-state index contributed by atoms with van der Waals surface area (Å²) >= 11 is 12.7. The number of phenolic OH excluding ortho intramolecular Hbond substituents is 1. The van der Waals surface area contributed by atoms with E-state index >= 15 is 0 Å². The molecule has 8 N–H and O–H groups in total. The molecule has 0 aliphatic rings. The third kappa shape index (κ3) is 12.9. The average molecular weight is 1000 g/mol. The summed E-state index contributed by atoms with van der Waals surface area (Å²) in [4.78, 5) is 23.8. The van der Waals surface area contributed by atoms with Gasteiger partial charge < -0.3 is 30.9 Å². The molecule has 0 fully saturated rings. The Morgan fingerprint density at radius 3 is 1.97 bits per heavy atom. The van der Waals surface area contributed by atoms with E-state index in [2.05, 4.69) is 74.8 Å². The Labute approximate surface area is 375 Å². The third-order valence-electron chi connectivity index (χ3n) is 7.84. The SMILES string of the molecule is COc1ccc(N=Nc2c(SOOO)cc3cc(Nc4nc(Cl)nc(N[B]Nc5nc(Cl)nc(Nc6ccc(S(=O)(=O)CCOS(=O)(=O)O)cc6)n5)n4)ccc3c2O)c(S(=O)(=O)O)c1. The molecule has 0 saturated carbocycles. The highest BCUT2D eigenvalue weighted by Gasteiger charge is 2.21. The number of halogens is 2. The molecule has 26 nitrogen and oxygen atoms in total. The van der Waals surface area contributed by atoms with Gasteiger partial charge >= 0.3 is 17.9 Å². The van der Waals surface area contributed by atoms with Crippen LogP contribution in [0.25, 0.3) is 10.8 Å². The van der Waals surface area contributed by atoms with Crippen molar-refractivity contribution < 1.29 is 63.0 Å². The van der Waals surface area contributed by atoms with E-state index < -0.39 is 53.4 Å². The molecule has 6 aromatic rings. The molecule has 4 aromatic carbocycles. The zero-order valence-corrected chi connectivity index (χ0v) is 36.5. The van der Waals surface area contributed by atoms with Gasteiger partial charge in [0.15, 0.2) is 15.6 Å². The van der Waals surface area contributed by atoms with Gasteiger partial charge in [0.2, 0.25) is 34.4 Å². The first kappa shape index (κ1) is 47.6. The predicted octanol–water partition coefficient (Wildman–Crippen LogP) is 5.46. The fourth-order valence-electron chi connectivity index (χ4n) is 5.13. The zero-order valence-electron chi connectivity index (χ0n) is 31.7. The Bertz CT molecular complexity index is 3080. The number of rotatable bonds is 20. The molecule has 0 saturated heterocycles. The minimum absolute atomic E-state index is 0.0365. The second kappa shape index (κ2) is 20.3. The summed E-state index contributed by atoms with van der Waals surface area (Å²) in [6, 6.07) is 15.0. The summed E-state index contributed by atoms with van der Waals surface area (Å²) in [6.07, 6.45) is 0. The van der Waals surface area contributed by atoms with Gasteiger partial charge in [0.25, 0.3) is 10.1 Å². The van der Waals surface area contributed by atoms with Gasteiger partial charge in [-0.05, 0) is 89.3 Å². The highest BCUT2D eigenvalue weighted by Crippen LogP contribution is 2.45. The molecular weight excluding hydrogens is 974 g/mol. The van der Waals surface area contributed by atoms with Crippen molar-refractivity contribution in [3.8, 4) is 11.5 Å². The van der Waals surface area contributed by atoms with Crippen LogP contribution in [0.1, 0.15) is 0 Å². The molecular formula is C31H26BCl2N12O14S4. The van der Waals surface area contributed by atoms with Crippen LogP contribution in [-0.2, 0) is 43.9 Å². The molecule has 0 atom stereocenters. The lowest BCUT2D eigenvalue weighted by atomic mass is 10.1. The molecule has 2 aromatic heterocycles. The van der Waals surface area contributed by atoms with Gasteiger partial charge in [-0.2, -0.15) is 46.7 Å². The topological polar surface area (TPSA) is 370 Å². The molecule has 0 aliphatic heterocycles. The fourth-order valence-corrected chi connectivity index (χ4v) is 8.08. The first-order chi connectivity index (χ1) is 30.3. The second-order valence-corrected chi connectivity index (χ2v) is 18.0. The molecule has 6 rings (SSSR count). The lowest BCUT2D eigenvalue weighted by molar-refractivity contribution is -0.432. The largest absolute Gasteiger partial charge is 0.505 e. The van der Waals surface area contributed by atoms with Crippen molar-refractivity contribution in [2.24, 2.45) is 10.2 Å². The normalized spacial score (nSPS) is 12.0.